The zero-order chi connectivity index (χ0) is 11.1. The van der Waals surface area contributed by atoms with Gasteiger partial charge in [0.1, 0.15) is 0 Å². The highest BCUT2D eigenvalue weighted by molar-refractivity contribution is 7.88. The lowest BCUT2D eigenvalue weighted by Gasteiger charge is -2.22. The Bertz CT molecular complexity index is 330. The molecule has 2 N–H and O–H groups in total. The fourth-order valence-corrected chi connectivity index (χ4v) is 3.40. The quantitative estimate of drug-likeness (QED) is 0.678. The van der Waals surface area contributed by atoms with Crippen LogP contribution in [-0.2, 0) is 14.8 Å². The van der Waals surface area contributed by atoms with Gasteiger partial charge in [0, 0.05) is 24.0 Å². The van der Waals surface area contributed by atoms with Crippen molar-refractivity contribution < 1.29 is 13.2 Å². The average molecular weight is 234 g/mol. The van der Waals surface area contributed by atoms with Crippen molar-refractivity contribution >= 4 is 10.0 Å². The second-order valence-corrected chi connectivity index (χ2v) is 6.19. The smallest absolute Gasteiger partial charge is 0.209 e. The molecule has 2 saturated heterocycles. The zero-order valence-electron chi connectivity index (χ0n) is 9.06. The van der Waals surface area contributed by atoms with Gasteiger partial charge in [-0.15, -0.1) is 0 Å². The minimum atomic E-state index is -3.13. The largest absolute Gasteiger partial charge is 0.379 e. The van der Waals surface area contributed by atoms with Gasteiger partial charge >= 0.3 is 0 Å². The summed E-state index contributed by atoms with van der Waals surface area (Å²) < 4.78 is 30.6. The predicted octanol–water partition coefficient (Wildman–Crippen LogP) is -0.699. The summed E-state index contributed by atoms with van der Waals surface area (Å²) in [6.07, 6.45) is 2.14. The van der Waals surface area contributed by atoms with Crippen molar-refractivity contribution in [2.75, 3.05) is 19.5 Å². The van der Waals surface area contributed by atoms with E-state index in [1.165, 1.54) is 6.26 Å². The summed E-state index contributed by atoms with van der Waals surface area (Å²) in [5, 5.41) is 3.42. The lowest BCUT2D eigenvalue weighted by molar-refractivity contribution is 0.165. The molecule has 0 amide bonds. The molecule has 5 nitrogen and oxygen atoms in total. The van der Waals surface area contributed by atoms with Crippen molar-refractivity contribution in [3.8, 4) is 0 Å². The number of hydrogen-bond donors (Lipinski definition) is 2. The molecule has 6 heteroatoms. The molecule has 2 rings (SSSR count). The zero-order valence-corrected chi connectivity index (χ0v) is 9.88. The topological polar surface area (TPSA) is 67.4 Å². The van der Waals surface area contributed by atoms with E-state index in [-0.39, 0.29) is 18.0 Å². The first kappa shape index (κ1) is 11.3. The molecule has 0 aliphatic carbocycles. The van der Waals surface area contributed by atoms with Crippen molar-refractivity contribution in [1.82, 2.24) is 10.0 Å². The van der Waals surface area contributed by atoms with E-state index < -0.39 is 10.0 Å². The van der Waals surface area contributed by atoms with Crippen LogP contribution in [0.2, 0.25) is 0 Å². The van der Waals surface area contributed by atoms with E-state index in [1.54, 1.807) is 0 Å². The molecule has 2 fully saturated rings. The highest BCUT2D eigenvalue weighted by Crippen LogP contribution is 2.28. The Labute approximate surface area is 90.6 Å². The molecule has 0 spiro atoms. The number of sulfonamides is 1. The molecule has 2 heterocycles. The number of ether oxygens (including phenoxy) is 1. The minimum Gasteiger partial charge on any atom is -0.379 e. The molecule has 0 aromatic rings. The number of hydrogen-bond acceptors (Lipinski definition) is 4. The Morgan fingerprint density at radius 3 is 2.80 bits per heavy atom. The first-order valence-corrected chi connectivity index (χ1v) is 7.21. The van der Waals surface area contributed by atoms with Crippen LogP contribution in [-0.4, -0.2) is 46.0 Å². The van der Waals surface area contributed by atoms with Gasteiger partial charge in [0.15, 0.2) is 0 Å². The van der Waals surface area contributed by atoms with E-state index in [0.29, 0.717) is 19.3 Å². The van der Waals surface area contributed by atoms with Crippen LogP contribution in [0.4, 0.5) is 0 Å². The number of fused-ring (bicyclic) bond motifs is 1. The van der Waals surface area contributed by atoms with Gasteiger partial charge in [-0.1, -0.05) is 6.92 Å². The first-order valence-electron chi connectivity index (χ1n) is 5.32. The summed E-state index contributed by atoms with van der Waals surface area (Å²) >= 11 is 0. The second kappa shape index (κ2) is 4.01. The fourth-order valence-electron chi connectivity index (χ4n) is 2.56. The van der Waals surface area contributed by atoms with Crippen LogP contribution in [0.25, 0.3) is 0 Å². The van der Waals surface area contributed by atoms with Crippen molar-refractivity contribution in [3.63, 3.8) is 0 Å². The summed E-state index contributed by atoms with van der Waals surface area (Å²) in [5.74, 6) is 0.282. The average Bonchev–Trinajstić information content (AvgIpc) is 2.65. The Morgan fingerprint density at radius 2 is 2.20 bits per heavy atom. The first-order chi connectivity index (χ1) is 7.01. The van der Waals surface area contributed by atoms with Crippen LogP contribution in [0.3, 0.4) is 0 Å². The van der Waals surface area contributed by atoms with Gasteiger partial charge in [0.2, 0.25) is 10.0 Å². The molecule has 0 saturated carbocycles. The van der Waals surface area contributed by atoms with Gasteiger partial charge < -0.3 is 10.1 Å². The summed E-state index contributed by atoms with van der Waals surface area (Å²) in [7, 11) is -3.13. The van der Waals surface area contributed by atoms with E-state index in [9.17, 15) is 8.42 Å². The summed E-state index contributed by atoms with van der Waals surface area (Å²) in [4.78, 5) is 0. The van der Waals surface area contributed by atoms with Crippen LogP contribution >= 0.6 is 0 Å². The monoisotopic (exact) mass is 234 g/mol. The maximum absolute atomic E-state index is 11.3. The molecule has 0 aromatic heterocycles. The predicted molar refractivity (Wildman–Crippen MR) is 57.1 cm³/mol. The third-order valence-corrected chi connectivity index (χ3v) is 3.94. The van der Waals surface area contributed by atoms with Crippen molar-refractivity contribution in [2.45, 2.75) is 31.5 Å². The lowest BCUT2D eigenvalue weighted by Crippen LogP contribution is -2.46. The Hall–Kier alpha value is -0.170. The van der Waals surface area contributed by atoms with Crippen LogP contribution < -0.4 is 10.0 Å². The summed E-state index contributed by atoms with van der Waals surface area (Å²) in [6.45, 7) is 3.42. The molecule has 88 valence electrons. The normalized spacial score (nSPS) is 40.7. The van der Waals surface area contributed by atoms with E-state index in [0.717, 1.165) is 6.42 Å². The molecule has 15 heavy (non-hydrogen) atoms. The van der Waals surface area contributed by atoms with Gasteiger partial charge in [-0.25, -0.2) is 13.1 Å². The van der Waals surface area contributed by atoms with Crippen LogP contribution in [0.1, 0.15) is 13.3 Å². The molecular formula is C9H18N2O3S. The highest BCUT2D eigenvalue weighted by Gasteiger charge is 2.46. The molecule has 2 aliphatic heterocycles. The Morgan fingerprint density at radius 1 is 1.47 bits per heavy atom. The number of nitrogens with one attached hydrogen (secondary N) is 2. The molecule has 1 unspecified atom stereocenters. The second-order valence-electron chi connectivity index (χ2n) is 4.41. The molecular weight excluding hydrogens is 216 g/mol. The summed E-state index contributed by atoms with van der Waals surface area (Å²) in [5.41, 5.74) is 0. The minimum absolute atomic E-state index is 0.0162. The standard InChI is InChI=1S/C9H18N2O3S/c1-3-7-9(11-15(2,12)13)6-4-14-5-8(6)10-7/h6-11H,3-5H2,1-2H3/t6-,7-,8+,9?/m0/s1. The van der Waals surface area contributed by atoms with Crippen LogP contribution in [0, 0.1) is 5.92 Å². The van der Waals surface area contributed by atoms with E-state index in [4.69, 9.17) is 4.74 Å². The maximum Gasteiger partial charge on any atom is 0.209 e. The maximum atomic E-state index is 11.3. The van der Waals surface area contributed by atoms with E-state index in [2.05, 4.69) is 17.0 Å². The Balaban J connectivity index is 2.12. The van der Waals surface area contributed by atoms with Crippen molar-refractivity contribution in [2.24, 2.45) is 5.92 Å². The third kappa shape index (κ3) is 2.33. The number of rotatable bonds is 3. The Kier molecular flexibility index (Phi) is 3.03. The fraction of sp³-hybridized carbons (Fsp3) is 1.00. The third-order valence-electron chi connectivity index (χ3n) is 3.24. The molecule has 2 aliphatic rings. The highest BCUT2D eigenvalue weighted by atomic mass is 32.2. The molecule has 4 atom stereocenters. The van der Waals surface area contributed by atoms with E-state index in [1.807, 2.05) is 0 Å². The van der Waals surface area contributed by atoms with Crippen LogP contribution in [0.5, 0.6) is 0 Å². The van der Waals surface area contributed by atoms with Gasteiger partial charge in [-0.2, -0.15) is 0 Å². The molecule has 0 radical (unpaired) electrons. The van der Waals surface area contributed by atoms with Gasteiger partial charge in [0.05, 0.1) is 19.5 Å². The molecule has 0 aromatic carbocycles. The molecule has 0 bridgehead atoms. The van der Waals surface area contributed by atoms with E-state index >= 15 is 0 Å². The van der Waals surface area contributed by atoms with Crippen molar-refractivity contribution in [1.29, 1.82) is 0 Å². The SMILES string of the molecule is CC[C@@H]1N[C@@H]2COC[C@@H]2C1NS(C)(=O)=O. The van der Waals surface area contributed by atoms with Crippen LogP contribution in [0.15, 0.2) is 0 Å². The van der Waals surface area contributed by atoms with Gasteiger partial charge in [-0.3, -0.25) is 0 Å². The van der Waals surface area contributed by atoms with Crippen molar-refractivity contribution in [3.05, 3.63) is 0 Å². The van der Waals surface area contributed by atoms with Gasteiger partial charge in [0.25, 0.3) is 0 Å². The van der Waals surface area contributed by atoms with Gasteiger partial charge in [-0.05, 0) is 6.42 Å². The summed E-state index contributed by atoms with van der Waals surface area (Å²) in [6, 6.07) is 0.533. The lowest BCUT2D eigenvalue weighted by atomic mass is 9.96.